The molecule has 0 saturated heterocycles. The van der Waals surface area contributed by atoms with Gasteiger partial charge in [-0.1, -0.05) is 82.1 Å². The summed E-state index contributed by atoms with van der Waals surface area (Å²) in [6.45, 7) is 17.0. The molecule has 0 aliphatic rings. The Bertz CT molecular complexity index is 1420. The van der Waals surface area contributed by atoms with E-state index in [0.717, 1.165) is 0 Å². The first kappa shape index (κ1) is 53.1. The van der Waals surface area contributed by atoms with Crippen molar-refractivity contribution in [3.63, 3.8) is 0 Å². The number of nitrogens with two attached hydrogens (primary N) is 1. The van der Waals surface area contributed by atoms with E-state index in [0.29, 0.717) is 12.8 Å². The number of aliphatic hydroxyl groups is 1. The number of carbonyl (C=O) groups excluding carboxylic acids is 8. The molecule has 58 heavy (non-hydrogen) atoms. The van der Waals surface area contributed by atoms with Crippen LogP contribution in [0.25, 0.3) is 0 Å². The van der Waals surface area contributed by atoms with Crippen molar-refractivity contribution in [1.82, 2.24) is 42.5 Å². The monoisotopic (exact) mass is 828 g/mol. The number of carbonyl (C=O) groups is 9. The minimum Gasteiger partial charge on any atom is -0.480 e. The van der Waals surface area contributed by atoms with Gasteiger partial charge in [-0.25, -0.2) is 4.79 Å². The van der Waals surface area contributed by atoms with Gasteiger partial charge in [-0.05, 0) is 42.9 Å². The molecule has 0 fully saturated rings. The zero-order valence-corrected chi connectivity index (χ0v) is 35.8. The maximum Gasteiger partial charge on any atom is 0.326 e. The molecule has 0 heterocycles. The highest BCUT2D eigenvalue weighted by Crippen LogP contribution is 2.13. The van der Waals surface area contributed by atoms with Crippen LogP contribution in [0.5, 0.6) is 0 Å². The first-order valence-corrected chi connectivity index (χ1v) is 19.9. The Balaban J connectivity index is 5.82. The van der Waals surface area contributed by atoms with Crippen LogP contribution in [0.2, 0.25) is 0 Å². The lowest BCUT2D eigenvalue weighted by molar-refractivity contribution is -0.144. The van der Waals surface area contributed by atoms with Crippen LogP contribution in [0, 0.1) is 29.6 Å². The number of amides is 8. The van der Waals surface area contributed by atoms with Crippen molar-refractivity contribution < 1.29 is 53.4 Å². The molecule has 0 saturated carbocycles. The third kappa shape index (κ3) is 18.6. The minimum atomic E-state index is -1.55. The van der Waals surface area contributed by atoms with Gasteiger partial charge in [-0.15, -0.1) is 0 Å². The molecule has 0 aromatic carbocycles. The largest absolute Gasteiger partial charge is 0.480 e. The Morgan fingerprint density at radius 2 is 0.897 bits per heavy atom. The predicted octanol–water partition coefficient (Wildman–Crippen LogP) is -2.00. The topological polar surface area (TPSA) is 316 Å². The first-order valence-electron chi connectivity index (χ1n) is 19.9. The summed E-state index contributed by atoms with van der Waals surface area (Å²) in [5.41, 5.74) is 5.33. The summed E-state index contributed by atoms with van der Waals surface area (Å²) in [4.78, 5) is 116. The van der Waals surface area contributed by atoms with Crippen LogP contribution in [0.3, 0.4) is 0 Å². The van der Waals surface area contributed by atoms with Gasteiger partial charge in [0.15, 0.2) is 0 Å². The first-order chi connectivity index (χ1) is 26.9. The van der Waals surface area contributed by atoms with Gasteiger partial charge < -0.3 is 58.5 Å². The molecule has 0 radical (unpaired) electrons. The lowest BCUT2D eigenvalue weighted by Gasteiger charge is -2.29. The zero-order valence-electron chi connectivity index (χ0n) is 35.8. The Hall–Kier alpha value is -4.85. The molecule has 9 atom stereocenters. The molecule has 0 bridgehead atoms. The van der Waals surface area contributed by atoms with Crippen molar-refractivity contribution in [2.75, 3.05) is 19.6 Å². The number of aliphatic hydroxyl groups excluding tert-OH is 1. The smallest absolute Gasteiger partial charge is 0.326 e. The van der Waals surface area contributed by atoms with E-state index in [1.807, 2.05) is 0 Å². The lowest BCUT2D eigenvalue weighted by Crippen LogP contribution is -2.61. The van der Waals surface area contributed by atoms with Gasteiger partial charge in [-0.3, -0.25) is 38.4 Å². The number of hydrogen-bond acceptors (Lipinski definition) is 11. The summed E-state index contributed by atoms with van der Waals surface area (Å²) in [5.74, 6) is -8.89. The van der Waals surface area contributed by atoms with Crippen molar-refractivity contribution in [2.24, 2.45) is 35.3 Å². The van der Waals surface area contributed by atoms with Gasteiger partial charge in [0.2, 0.25) is 47.3 Å². The fourth-order valence-corrected chi connectivity index (χ4v) is 5.55. The second-order valence-corrected chi connectivity index (χ2v) is 15.8. The Morgan fingerprint density at radius 1 is 0.500 bits per heavy atom. The van der Waals surface area contributed by atoms with Crippen LogP contribution in [-0.2, 0) is 43.2 Å². The molecular formula is C38H69N9O11. The van der Waals surface area contributed by atoms with Crippen molar-refractivity contribution in [2.45, 2.75) is 138 Å². The third-order valence-electron chi connectivity index (χ3n) is 9.55. The summed E-state index contributed by atoms with van der Waals surface area (Å²) in [5, 5.41) is 39.8. The normalized spacial score (nSPS) is 15.9. The zero-order chi connectivity index (χ0) is 45.0. The van der Waals surface area contributed by atoms with Gasteiger partial charge in [0.1, 0.15) is 36.3 Å². The third-order valence-corrected chi connectivity index (χ3v) is 9.55. The molecule has 0 aromatic heterocycles. The van der Waals surface area contributed by atoms with Gasteiger partial charge in [0.05, 0.1) is 25.7 Å². The number of hydrogen-bond donors (Lipinski definition) is 11. The van der Waals surface area contributed by atoms with Crippen molar-refractivity contribution in [3.8, 4) is 0 Å². The van der Waals surface area contributed by atoms with Crippen LogP contribution >= 0.6 is 0 Å². The van der Waals surface area contributed by atoms with Crippen LogP contribution < -0.4 is 48.3 Å². The van der Waals surface area contributed by atoms with Gasteiger partial charge in [0, 0.05) is 0 Å². The summed E-state index contributed by atoms with van der Waals surface area (Å²) >= 11 is 0. The molecule has 0 unspecified atom stereocenters. The van der Waals surface area contributed by atoms with Gasteiger partial charge in [0.25, 0.3) is 0 Å². The fraction of sp³-hybridized carbons (Fsp3) is 0.763. The van der Waals surface area contributed by atoms with E-state index < -0.39 is 126 Å². The molecule has 0 rings (SSSR count). The summed E-state index contributed by atoms with van der Waals surface area (Å²) in [6.07, 6.45) is -0.450. The van der Waals surface area contributed by atoms with Crippen molar-refractivity contribution in [3.05, 3.63) is 0 Å². The quantitative estimate of drug-likeness (QED) is 0.0452. The van der Waals surface area contributed by atoms with Crippen LogP contribution in [0.15, 0.2) is 0 Å². The Kier molecular flexibility index (Phi) is 24.0. The highest BCUT2D eigenvalue weighted by Gasteiger charge is 2.35. The van der Waals surface area contributed by atoms with E-state index in [1.165, 1.54) is 6.92 Å². The average molecular weight is 828 g/mol. The van der Waals surface area contributed by atoms with E-state index in [-0.39, 0.29) is 24.8 Å². The Labute approximate surface area is 341 Å². The molecule has 12 N–H and O–H groups in total. The summed E-state index contributed by atoms with van der Waals surface area (Å²) in [7, 11) is 0. The van der Waals surface area contributed by atoms with Crippen LogP contribution in [0.1, 0.15) is 95.4 Å². The number of aliphatic carboxylic acids is 1. The number of carboxylic acids is 1. The van der Waals surface area contributed by atoms with Crippen molar-refractivity contribution >= 4 is 53.2 Å². The van der Waals surface area contributed by atoms with Crippen LogP contribution in [0.4, 0.5) is 0 Å². The summed E-state index contributed by atoms with van der Waals surface area (Å²) in [6, 6.07) is -7.28. The molecule has 0 aliphatic heterocycles. The molecule has 0 aliphatic carbocycles. The van der Waals surface area contributed by atoms with Gasteiger partial charge in [-0.2, -0.15) is 0 Å². The lowest BCUT2D eigenvalue weighted by atomic mass is 9.96. The minimum absolute atomic E-state index is 0.0995. The van der Waals surface area contributed by atoms with Gasteiger partial charge >= 0.3 is 5.97 Å². The maximum absolute atomic E-state index is 13.7. The van der Waals surface area contributed by atoms with E-state index in [2.05, 4.69) is 42.5 Å². The second kappa shape index (κ2) is 26.2. The standard InChI is InChI=1S/C38H69N9O11/c1-12-21(9)30(44-26(50)16-40-34(53)28(19(5)6)43-25(49)15-39)35(54)41-17-27(51)45-31(22(10)13-2)36(55)42-24(14-18(3)4)33(52)47-32(23(11)48)37(56)46-29(20(7)8)38(57)58/h18-24,28-32,48H,12-17,39H2,1-11H3,(H,40,53)(H,41,54)(H,42,55)(H,43,49)(H,44,50)(H,45,51)(H,46,56)(H,47,52)(H,57,58)/t21-,22-,23+,24-,28-,29-,30-,31-,32-/m0/s1. The van der Waals surface area contributed by atoms with E-state index in [4.69, 9.17) is 5.73 Å². The molecular weight excluding hydrogens is 758 g/mol. The SMILES string of the molecule is CC[C@H](C)[C@H](NC(=O)CNC(=O)[C@@H](NC(=O)CN)C(C)C)C(=O)NCC(=O)N[C@H](C(=O)N[C@@H](CC(C)C)C(=O)N[C@H](C(=O)N[C@H](C(=O)O)C(C)C)[C@@H](C)O)[C@@H](C)CC. The molecule has 0 spiro atoms. The molecule has 0 aromatic rings. The highest BCUT2D eigenvalue weighted by atomic mass is 16.4. The van der Waals surface area contributed by atoms with E-state index in [9.17, 15) is 53.4 Å². The molecule has 8 amide bonds. The van der Waals surface area contributed by atoms with Crippen LogP contribution in [-0.4, -0.2) is 125 Å². The van der Waals surface area contributed by atoms with E-state index >= 15 is 0 Å². The molecule has 332 valence electrons. The molecule has 20 nitrogen and oxygen atoms in total. The molecule has 20 heteroatoms. The van der Waals surface area contributed by atoms with E-state index in [1.54, 1.807) is 69.2 Å². The highest BCUT2D eigenvalue weighted by molar-refractivity contribution is 5.97. The average Bonchev–Trinajstić information content (AvgIpc) is 3.15. The predicted molar refractivity (Wildman–Crippen MR) is 214 cm³/mol. The summed E-state index contributed by atoms with van der Waals surface area (Å²) < 4.78 is 0. The van der Waals surface area contributed by atoms with Crippen molar-refractivity contribution in [1.29, 1.82) is 0 Å². The maximum atomic E-state index is 13.7. The number of rotatable bonds is 26. The Morgan fingerprint density at radius 3 is 1.28 bits per heavy atom. The number of carboxylic acid groups (broad SMARTS) is 1. The number of nitrogens with one attached hydrogen (secondary N) is 8. The fourth-order valence-electron chi connectivity index (χ4n) is 5.55. The second-order valence-electron chi connectivity index (χ2n) is 15.8.